The Morgan fingerprint density at radius 3 is 2.94 bits per heavy atom. The highest BCUT2D eigenvalue weighted by molar-refractivity contribution is 6.29. The minimum atomic E-state index is -0.547. The van der Waals surface area contributed by atoms with Gasteiger partial charge in [0.05, 0.1) is 23.2 Å². The summed E-state index contributed by atoms with van der Waals surface area (Å²) in [5.74, 6) is 0.284. The molecule has 6 nitrogen and oxygen atoms in total. The fourth-order valence-corrected chi connectivity index (χ4v) is 1.25. The number of halogens is 1. The van der Waals surface area contributed by atoms with Crippen LogP contribution in [0.3, 0.4) is 0 Å². The number of aromatic nitrogens is 1. The number of nitrogens with zero attached hydrogens (tertiary/aromatic N) is 2. The largest absolute Gasteiger partial charge is 0.391 e. The van der Waals surface area contributed by atoms with Gasteiger partial charge in [0.1, 0.15) is 11.0 Å². The first-order chi connectivity index (χ1) is 7.52. The predicted molar refractivity (Wildman–Crippen MR) is 60.7 cm³/mol. The van der Waals surface area contributed by atoms with Crippen molar-refractivity contribution in [2.24, 2.45) is 0 Å². The summed E-state index contributed by atoms with van der Waals surface area (Å²) in [6.45, 7) is 2.11. The lowest BCUT2D eigenvalue weighted by Gasteiger charge is -2.09. The van der Waals surface area contributed by atoms with E-state index in [9.17, 15) is 15.2 Å². The summed E-state index contributed by atoms with van der Waals surface area (Å²) in [6.07, 6.45) is 0.0789. The van der Waals surface area contributed by atoms with Crippen LogP contribution in [0.25, 0.3) is 0 Å². The normalized spacial score (nSPS) is 12.2. The van der Waals surface area contributed by atoms with Gasteiger partial charge >= 0.3 is 0 Å². The van der Waals surface area contributed by atoms with E-state index in [2.05, 4.69) is 10.3 Å². The molecule has 2 N–H and O–H groups in total. The van der Waals surface area contributed by atoms with E-state index in [0.29, 0.717) is 6.42 Å². The maximum atomic E-state index is 10.5. The van der Waals surface area contributed by atoms with Crippen LogP contribution in [-0.4, -0.2) is 27.7 Å². The van der Waals surface area contributed by atoms with Crippen LogP contribution >= 0.6 is 11.6 Å². The Kier molecular flexibility index (Phi) is 4.45. The van der Waals surface area contributed by atoms with E-state index in [1.54, 1.807) is 0 Å². The fraction of sp³-hybridized carbons (Fsp3) is 0.444. The van der Waals surface area contributed by atoms with Gasteiger partial charge in [-0.3, -0.25) is 10.1 Å². The van der Waals surface area contributed by atoms with Gasteiger partial charge in [0, 0.05) is 6.54 Å². The molecule has 0 aromatic carbocycles. The van der Waals surface area contributed by atoms with Crippen molar-refractivity contribution in [1.29, 1.82) is 0 Å². The zero-order valence-corrected chi connectivity index (χ0v) is 9.44. The quantitative estimate of drug-likeness (QED) is 0.469. The molecule has 0 amide bonds. The summed E-state index contributed by atoms with van der Waals surface area (Å²) in [7, 11) is 0. The van der Waals surface area contributed by atoms with E-state index in [-0.39, 0.29) is 23.2 Å². The molecule has 1 heterocycles. The molecule has 0 saturated carbocycles. The van der Waals surface area contributed by atoms with Crippen molar-refractivity contribution >= 4 is 23.1 Å². The first kappa shape index (κ1) is 12.7. The second kappa shape index (κ2) is 5.62. The van der Waals surface area contributed by atoms with E-state index in [1.165, 1.54) is 12.1 Å². The molecule has 1 unspecified atom stereocenters. The summed E-state index contributed by atoms with van der Waals surface area (Å²) in [5.41, 5.74) is -0.131. The van der Waals surface area contributed by atoms with E-state index in [1.807, 2.05) is 6.92 Å². The highest BCUT2D eigenvalue weighted by Crippen LogP contribution is 2.20. The van der Waals surface area contributed by atoms with E-state index in [4.69, 9.17) is 11.6 Å². The molecule has 0 aliphatic heterocycles. The van der Waals surface area contributed by atoms with Crippen molar-refractivity contribution in [2.45, 2.75) is 19.4 Å². The van der Waals surface area contributed by atoms with Gasteiger partial charge in [-0.15, -0.1) is 0 Å². The number of aliphatic hydroxyl groups excluding tert-OH is 1. The van der Waals surface area contributed by atoms with Crippen LogP contribution in [0.15, 0.2) is 12.1 Å². The Morgan fingerprint density at radius 1 is 1.69 bits per heavy atom. The highest BCUT2D eigenvalue weighted by atomic mass is 35.5. The van der Waals surface area contributed by atoms with E-state index < -0.39 is 11.0 Å². The van der Waals surface area contributed by atoms with Crippen molar-refractivity contribution in [3.63, 3.8) is 0 Å². The van der Waals surface area contributed by atoms with Crippen LogP contribution in [-0.2, 0) is 0 Å². The Balaban J connectivity index is 2.76. The van der Waals surface area contributed by atoms with Crippen molar-refractivity contribution in [3.05, 3.63) is 27.4 Å². The Hall–Kier alpha value is -1.40. The van der Waals surface area contributed by atoms with Gasteiger partial charge in [0.2, 0.25) is 0 Å². The fourth-order valence-electron chi connectivity index (χ4n) is 1.05. The predicted octanol–water partition coefficient (Wildman–Crippen LogP) is 1.83. The van der Waals surface area contributed by atoms with Gasteiger partial charge < -0.3 is 10.4 Å². The summed E-state index contributed by atoms with van der Waals surface area (Å²) < 4.78 is 0. The van der Waals surface area contributed by atoms with Crippen LogP contribution in [0.2, 0.25) is 5.15 Å². The Bertz CT molecular complexity index is 386. The number of hydrogen-bond donors (Lipinski definition) is 2. The molecule has 0 aliphatic rings. The molecule has 0 radical (unpaired) electrons. The smallest absolute Gasteiger partial charge is 0.276 e. The van der Waals surface area contributed by atoms with Crippen molar-refractivity contribution < 1.29 is 10.0 Å². The molecule has 0 spiro atoms. The summed E-state index contributed by atoms with van der Waals surface area (Å²) in [4.78, 5) is 13.9. The molecule has 0 aliphatic carbocycles. The second-order valence-electron chi connectivity index (χ2n) is 3.23. The van der Waals surface area contributed by atoms with Gasteiger partial charge in [-0.2, -0.15) is 0 Å². The van der Waals surface area contributed by atoms with E-state index >= 15 is 0 Å². The lowest BCUT2D eigenvalue weighted by atomic mass is 10.3. The molecule has 7 heteroatoms. The van der Waals surface area contributed by atoms with Gasteiger partial charge in [-0.25, -0.2) is 4.98 Å². The van der Waals surface area contributed by atoms with Crippen LogP contribution in [0, 0.1) is 10.1 Å². The number of aliphatic hydroxyl groups is 1. The molecule has 1 aromatic rings. The van der Waals surface area contributed by atoms with Crippen LogP contribution in [0.5, 0.6) is 0 Å². The number of nitro groups is 1. The number of anilines is 1. The first-order valence-corrected chi connectivity index (χ1v) is 5.14. The third-order valence-electron chi connectivity index (χ3n) is 1.98. The molecule has 1 rings (SSSR count). The minimum absolute atomic E-state index is 0.0442. The number of hydrogen-bond acceptors (Lipinski definition) is 5. The molecular formula is C9H12ClN3O3. The Labute approximate surface area is 97.4 Å². The number of nitrogens with one attached hydrogen (secondary N) is 1. The molecule has 0 saturated heterocycles. The van der Waals surface area contributed by atoms with Crippen LogP contribution in [0.1, 0.15) is 13.3 Å². The molecule has 0 bridgehead atoms. The van der Waals surface area contributed by atoms with Gasteiger partial charge in [0.15, 0.2) is 0 Å². The molecule has 88 valence electrons. The standard InChI is InChI=1S/C9H12ClN3O3/c1-2-7(14)5-11-9-4-6(13(15)16)3-8(10)12-9/h3-4,7,14H,2,5H2,1H3,(H,11,12). The van der Waals surface area contributed by atoms with Crippen molar-refractivity contribution in [2.75, 3.05) is 11.9 Å². The Morgan fingerprint density at radius 2 is 2.38 bits per heavy atom. The third-order valence-corrected chi connectivity index (χ3v) is 2.17. The average molecular weight is 246 g/mol. The highest BCUT2D eigenvalue weighted by Gasteiger charge is 2.10. The van der Waals surface area contributed by atoms with E-state index in [0.717, 1.165) is 0 Å². The van der Waals surface area contributed by atoms with Gasteiger partial charge in [-0.05, 0) is 6.42 Å². The molecule has 0 fully saturated rings. The second-order valence-corrected chi connectivity index (χ2v) is 3.62. The van der Waals surface area contributed by atoms with Crippen LogP contribution < -0.4 is 5.32 Å². The number of rotatable bonds is 5. The SMILES string of the molecule is CCC(O)CNc1cc([N+](=O)[O-])cc(Cl)n1. The zero-order chi connectivity index (χ0) is 12.1. The van der Waals surface area contributed by atoms with Gasteiger partial charge in [-0.1, -0.05) is 18.5 Å². The summed E-state index contributed by atoms with van der Waals surface area (Å²) >= 11 is 5.63. The molecule has 1 atom stereocenters. The lowest BCUT2D eigenvalue weighted by Crippen LogP contribution is -2.18. The van der Waals surface area contributed by atoms with Crippen molar-refractivity contribution in [3.8, 4) is 0 Å². The van der Waals surface area contributed by atoms with Crippen LogP contribution in [0.4, 0.5) is 11.5 Å². The lowest BCUT2D eigenvalue weighted by molar-refractivity contribution is -0.384. The molecule has 16 heavy (non-hydrogen) atoms. The minimum Gasteiger partial charge on any atom is -0.391 e. The maximum Gasteiger partial charge on any atom is 0.276 e. The monoisotopic (exact) mass is 245 g/mol. The molecular weight excluding hydrogens is 234 g/mol. The first-order valence-electron chi connectivity index (χ1n) is 4.77. The number of pyridine rings is 1. The average Bonchev–Trinajstić information content (AvgIpc) is 2.25. The van der Waals surface area contributed by atoms with Crippen molar-refractivity contribution in [1.82, 2.24) is 4.98 Å². The maximum absolute atomic E-state index is 10.5. The zero-order valence-electron chi connectivity index (χ0n) is 8.68. The summed E-state index contributed by atoms with van der Waals surface area (Å²) in [6, 6.07) is 2.44. The topological polar surface area (TPSA) is 88.3 Å². The summed E-state index contributed by atoms with van der Waals surface area (Å²) in [5, 5.41) is 22.7. The molecule has 1 aromatic heterocycles. The van der Waals surface area contributed by atoms with Gasteiger partial charge in [0.25, 0.3) is 5.69 Å². The third kappa shape index (κ3) is 3.63.